The summed E-state index contributed by atoms with van der Waals surface area (Å²) < 4.78 is 77.6. The molecule has 0 amide bonds. The second-order valence-corrected chi connectivity index (χ2v) is 8.80. The maximum absolute atomic E-state index is 12.9. The Morgan fingerprint density at radius 3 is 2.45 bits per heavy atom. The van der Waals surface area contributed by atoms with E-state index in [1.165, 1.54) is 6.08 Å². The largest absolute Gasteiger partial charge is 0.392 e. The van der Waals surface area contributed by atoms with Crippen LogP contribution in [-0.2, 0) is 17.8 Å². The minimum atomic E-state index is -4.40. The van der Waals surface area contributed by atoms with Crippen molar-refractivity contribution in [1.82, 2.24) is 9.55 Å². The molecular weight excluding hydrogens is 452 g/mol. The smallest absolute Gasteiger partial charge is 0.298 e. The molecule has 0 N–H and O–H groups in total. The van der Waals surface area contributed by atoms with Gasteiger partial charge in [0.15, 0.2) is 5.78 Å². The molecule has 1 unspecified atom stereocenters. The van der Waals surface area contributed by atoms with Crippen LogP contribution in [0.5, 0.6) is 0 Å². The first-order chi connectivity index (χ1) is 15.3. The summed E-state index contributed by atoms with van der Waals surface area (Å²) in [6.45, 7) is -0.411. The van der Waals surface area contributed by atoms with Crippen molar-refractivity contribution in [3.63, 3.8) is 0 Å². The number of carbonyl (C=O) groups is 1. The van der Waals surface area contributed by atoms with E-state index in [2.05, 4.69) is 11.1 Å². The third-order valence-electron chi connectivity index (χ3n) is 6.11. The maximum atomic E-state index is 12.9. The normalized spacial score (nSPS) is 20.2. The third kappa shape index (κ3) is 6.68. The van der Waals surface area contributed by atoms with Crippen LogP contribution in [0.2, 0.25) is 0 Å². The van der Waals surface area contributed by atoms with Gasteiger partial charge in [-0.25, -0.2) is 4.98 Å². The molecule has 1 heterocycles. The summed E-state index contributed by atoms with van der Waals surface area (Å²) in [5.74, 6) is -1.90. The van der Waals surface area contributed by atoms with Crippen molar-refractivity contribution in [2.24, 2.45) is 11.3 Å². The maximum Gasteiger partial charge on any atom is 0.392 e. The van der Waals surface area contributed by atoms with E-state index in [0.717, 1.165) is 10.6 Å². The molecule has 1 aromatic heterocycles. The van der Waals surface area contributed by atoms with E-state index in [4.69, 9.17) is 5.26 Å². The Kier molecular flexibility index (Phi) is 7.05. The fourth-order valence-electron chi connectivity index (χ4n) is 3.98. The molecule has 5 nitrogen and oxygen atoms in total. The summed E-state index contributed by atoms with van der Waals surface area (Å²) in [5, 5.41) is 9.16. The highest BCUT2D eigenvalue weighted by atomic mass is 19.4. The predicted octanol–water partition coefficient (Wildman–Crippen LogP) is 5.14. The van der Waals surface area contributed by atoms with Gasteiger partial charge >= 0.3 is 12.4 Å². The van der Waals surface area contributed by atoms with Gasteiger partial charge in [0.25, 0.3) is 5.56 Å². The van der Waals surface area contributed by atoms with Crippen molar-refractivity contribution in [1.29, 1.82) is 5.26 Å². The van der Waals surface area contributed by atoms with E-state index in [0.29, 0.717) is 18.4 Å². The van der Waals surface area contributed by atoms with Gasteiger partial charge in [-0.05, 0) is 44.1 Å². The van der Waals surface area contributed by atoms with Crippen molar-refractivity contribution in [3.8, 4) is 6.07 Å². The van der Waals surface area contributed by atoms with Gasteiger partial charge in [0.1, 0.15) is 5.82 Å². The number of rotatable bonds is 8. The van der Waals surface area contributed by atoms with Gasteiger partial charge in [0.2, 0.25) is 0 Å². The van der Waals surface area contributed by atoms with Crippen LogP contribution in [0.15, 0.2) is 16.9 Å². The summed E-state index contributed by atoms with van der Waals surface area (Å²) in [7, 11) is 0. The number of hydrogen-bond donors (Lipinski definition) is 0. The first-order valence-corrected chi connectivity index (χ1v) is 10.7. The quantitative estimate of drug-likeness (QED) is 0.488. The molecule has 1 atom stereocenters. The van der Waals surface area contributed by atoms with Gasteiger partial charge in [0, 0.05) is 25.3 Å². The number of aryl methyl sites for hydroxylation is 1. The molecule has 0 aromatic carbocycles. The van der Waals surface area contributed by atoms with Crippen LogP contribution in [0.25, 0.3) is 5.57 Å². The monoisotopic (exact) mass is 475 g/mol. The number of hydrogen-bond acceptors (Lipinski definition) is 4. The van der Waals surface area contributed by atoms with E-state index in [-0.39, 0.29) is 50.0 Å². The van der Waals surface area contributed by atoms with Gasteiger partial charge in [-0.15, -0.1) is 0 Å². The van der Waals surface area contributed by atoms with E-state index < -0.39 is 48.0 Å². The third-order valence-corrected chi connectivity index (χ3v) is 6.11. The predicted molar refractivity (Wildman–Crippen MR) is 106 cm³/mol. The molecule has 2 aliphatic carbocycles. The first kappa shape index (κ1) is 25.0. The summed E-state index contributed by atoms with van der Waals surface area (Å²) in [6, 6.07) is 3.19. The second kappa shape index (κ2) is 9.31. The molecular formula is C22H23F6N3O2. The Morgan fingerprint density at radius 1 is 1.24 bits per heavy atom. The highest BCUT2D eigenvalue weighted by Crippen LogP contribution is 2.48. The molecule has 0 radical (unpaired) electrons. The zero-order valence-electron chi connectivity index (χ0n) is 17.7. The van der Waals surface area contributed by atoms with Crippen molar-refractivity contribution < 1.29 is 31.1 Å². The Hall–Kier alpha value is -2.64. The molecule has 0 saturated heterocycles. The Morgan fingerprint density at radius 2 is 1.94 bits per heavy atom. The second-order valence-electron chi connectivity index (χ2n) is 8.80. The SMILES string of the molecule is N#CC1(CC(=O)Cn2c(CCCC(F)(F)F)nc(C3=CCC(C(F)(F)F)CC3)cc2=O)CC1. The standard InChI is InChI=1S/C22H23F6N3O2/c23-21(24,25)7-1-2-18-30-17(14-3-5-15(6-4-14)22(26,27)28)10-19(33)31(18)12-16(32)11-20(13-29)8-9-20/h3,10,15H,1-2,4-9,11-12H2. The van der Waals surface area contributed by atoms with Crippen LogP contribution in [0.3, 0.4) is 0 Å². The molecule has 0 aliphatic heterocycles. The lowest BCUT2D eigenvalue weighted by Gasteiger charge is -2.24. The van der Waals surface area contributed by atoms with Crippen LogP contribution in [0, 0.1) is 22.7 Å². The van der Waals surface area contributed by atoms with Crippen LogP contribution in [0.4, 0.5) is 26.3 Å². The molecule has 1 saturated carbocycles. The number of carbonyl (C=O) groups excluding carboxylic acids is 1. The fourth-order valence-corrected chi connectivity index (χ4v) is 3.98. The van der Waals surface area contributed by atoms with Gasteiger partial charge in [-0.1, -0.05) is 6.08 Å². The Balaban J connectivity index is 1.84. The van der Waals surface area contributed by atoms with E-state index in [1.807, 2.05) is 0 Å². The molecule has 11 heteroatoms. The highest BCUT2D eigenvalue weighted by molar-refractivity contribution is 5.80. The molecule has 180 valence electrons. The number of allylic oxidation sites excluding steroid dienone is 2. The summed E-state index contributed by atoms with van der Waals surface area (Å²) in [4.78, 5) is 29.5. The zero-order valence-corrected chi connectivity index (χ0v) is 17.7. The molecule has 3 rings (SSSR count). The van der Waals surface area contributed by atoms with Crippen LogP contribution in [-0.4, -0.2) is 27.7 Å². The van der Waals surface area contributed by atoms with Crippen LogP contribution >= 0.6 is 0 Å². The average Bonchev–Trinajstić information content (AvgIpc) is 3.48. The first-order valence-electron chi connectivity index (χ1n) is 10.7. The van der Waals surface area contributed by atoms with Crippen molar-refractivity contribution in [2.45, 2.75) is 76.7 Å². The summed E-state index contributed by atoms with van der Waals surface area (Å²) in [6.07, 6.45) is -8.35. The Labute approximate surface area is 186 Å². The fraction of sp³-hybridized carbons (Fsp3) is 0.636. The topological polar surface area (TPSA) is 75.8 Å². The molecule has 0 bridgehead atoms. The van der Waals surface area contributed by atoms with E-state index in [9.17, 15) is 35.9 Å². The van der Waals surface area contributed by atoms with Gasteiger partial charge in [-0.3, -0.25) is 14.2 Å². The van der Waals surface area contributed by atoms with Crippen molar-refractivity contribution in [3.05, 3.63) is 34.0 Å². The van der Waals surface area contributed by atoms with Gasteiger partial charge < -0.3 is 0 Å². The number of halogens is 6. The van der Waals surface area contributed by atoms with E-state index in [1.54, 1.807) is 0 Å². The number of alkyl halides is 6. The lowest BCUT2D eigenvalue weighted by atomic mass is 9.88. The Bertz CT molecular complexity index is 1030. The number of ketones is 1. The summed E-state index contributed by atoms with van der Waals surface area (Å²) >= 11 is 0. The van der Waals surface area contributed by atoms with Gasteiger partial charge in [0.05, 0.1) is 29.6 Å². The minimum absolute atomic E-state index is 0.0178. The minimum Gasteiger partial charge on any atom is -0.298 e. The van der Waals surface area contributed by atoms with Gasteiger partial charge in [-0.2, -0.15) is 31.6 Å². The zero-order chi connectivity index (χ0) is 24.4. The average molecular weight is 475 g/mol. The number of nitrogens with zero attached hydrogens (tertiary/aromatic N) is 3. The molecule has 1 aromatic rings. The molecule has 33 heavy (non-hydrogen) atoms. The van der Waals surface area contributed by atoms with Crippen molar-refractivity contribution in [2.75, 3.05) is 0 Å². The lowest BCUT2D eigenvalue weighted by molar-refractivity contribution is -0.175. The molecule has 1 fully saturated rings. The van der Waals surface area contributed by atoms with Crippen LogP contribution < -0.4 is 5.56 Å². The number of Topliss-reactive ketones (excluding diaryl/α,β-unsaturated/α-hetero) is 1. The highest BCUT2D eigenvalue weighted by Gasteiger charge is 2.44. The van der Waals surface area contributed by atoms with E-state index >= 15 is 0 Å². The number of nitriles is 1. The molecule has 0 spiro atoms. The lowest BCUT2D eigenvalue weighted by Crippen LogP contribution is -2.30. The summed E-state index contributed by atoms with van der Waals surface area (Å²) in [5.41, 5.74) is -0.825. The van der Waals surface area contributed by atoms with Crippen molar-refractivity contribution >= 4 is 11.4 Å². The number of aromatic nitrogens is 2. The molecule has 2 aliphatic rings. The van der Waals surface area contributed by atoms with Crippen LogP contribution in [0.1, 0.15) is 62.9 Å².